The van der Waals surface area contributed by atoms with E-state index in [1.165, 1.54) is 0 Å². The van der Waals surface area contributed by atoms with Crippen LogP contribution in [0.4, 0.5) is 5.69 Å². The molecule has 3 aromatic rings. The third-order valence-electron chi connectivity index (χ3n) is 3.93. The van der Waals surface area contributed by atoms with Crippen LogP contribution in [0.1, 0.15) is 12.0 Å². The molecule has 0 aliphatic heterocycles. The second-order valence-corrected chi connectivity index (χ2v) is 5.92. The molecule has 1 aromatic heterocycles. The number of hydrogen-bond donors (Lipinski definition) is 2. The molecule has 3 rings (SSSR count). The minimum atomic E-state index is 0. The Hall–Kier alpha value is -2.77. The van der Waals surface area contributed by atoms with Crippen molar-refractivity contribution in [3.8, 4) is 11.4 Å². The minimum absolute atomic E-state index is 0. The number of benzene rings is 2. The number of nitrogens with one attached hydrogen (secondary N) is 2. The van der Waals surface area contributed by atoms with Crippen molar-refractivity contribution in [2.24, 2.45) is 0 Å². The first-order valence-electron chi connectivity index (χ1n) is 8.61. The molecule has 142 valence electrons. The molecule has 0 atom stereocenters. The Bertz CT molecular complexity index is 835. The van der Waals surface area contributed by atoms with E-state index in [0.717, 1.165) is 23.2 Å². The number of halogens is 1. The van der Waals surface area contributed by atoms with Crippen molar-refractivity contribution in [2.75, 3.05) is 18.9 Å². The van der Waals surface area contributed by atoms with Gasteiger partial charge >= 0.3 is 0 Å². The highest BCUT2D eigenvalue weighted by atomic mass is 35.5. The first kappa shape index (κ1) is 20.5. The Morgan fingerprint density at radius 2 is 1.81 bits per heavy atom. The van der Waals surface area contributed by atoms with Crippen LogP contribution in [0, 0.1) is 0 Å². The first-order chi connectivity index (χ1) is 12.7. The molecule has 0 fully saturated rings. The summed E-state index contributed by atoms with van der Waals surface area (Å²) in [6.45, 7) is 1.31. The maximum atomic E-state index is 11.7. The predicted octanol–water partition coefficient (Wildman–Crippen LogP) is 2.55. The molecule has 1 amide bonds. The number of carbonyl (C=O) groups is 1. The number of nitrogens with zero attached hydrogens (tertiary/aromatic N) is 4. The summed E-state index contributed by atoms with van der Waals surface area (Å²) in [6, 6.07) is 17.6. The topological polar surface area (TPSA) is 84.7 Å². The number of carbonyl (C=O) groups excluding carboxylic acids is 1. The Kier molecular flexibility index (Phi) is 7.91. The largest absolute Gasteiger partial charge is 0.326 e. The molecule has 0 aliphatic rings. The van der Waals surface area contributed by atoms with Gasteiger partial charge < -0.3 is 10.6 Å². The van der Waals surface area contributed by atoms with Crippen LogP contribution in [0.25, 0.3) is 11.4 Å². The summed E-state index contributed by atoms with van der Waals surface area (Å²) in [6.07, 6.45) is 1.25. The Labute approximate surface area is 164 Å². The Balaban J connectivity index is 0.00000261. The maximum absolute atomic E-state index is 11.7. The average molecular weight is 387 g/mol. The zero-order valence-electron chi connectivity index (χ0n) is 15.1. The van der Waals surface area contributed by atoms with Crippen LogP contribution >= 0.6 is 12.4 Å². The van der Waals surface area contributed by atoms with Gasteiger partial charge in [0.25, 0.3) is 0 Å². The molecule has 0 saturated heterocycles. The third-order valence-corrected chi connectivity index (χ3v) is 3.93. The van der Waals surface area contributed by atoms with Crippen molar-refractivity contribution in [3.05, 3.63) is 60.2 Å². The molecule has 7 nitrogen and oxygen atoms in total. The molecular formula is C19H23ClN6O. The van der Waals surface area contributed by atoms with Gasteiger partial charge in [0, 0.05) is 24.2 Å². The number of aromatic nitrogens is 4. The minimum Gasteiger partial charge on any atom is -0.326 e. The number of hydrogen-bond acceptors (Lipinski definition) is 5. The zero-order valence-corrected chi connectivity index (χ0v) is 15.9. The van der Waals surface area contributed by atoms with Crippen LogP contribution in [0.3, 0.4) is 0 Å². The number of aryl methyl sites for hydroxylation is 2. The standard InChI is InChI=1S/C19H22N6O.ClH/c1-20-13-11-18(26)21-17-9-7-15(8-10-17)12-14-25-23-19(22-24-25)16-5-3-2-4-6-16;/h2-10,20H,11-14H2,1H3,(H,21,26);1H. The molecule has 0 saturated carbocycles. The van der Waals surface area contributed by atoms with E-state index in [-0.39, 0.29) is 18.3 Å². The molecule has 2 N–H and O–H groups in total. The second kappa shape index (κ2) is 10.4. The summed E-state index contributed by atoms with van der Waals surface area (Å²) in [7, 11) is 1.83. The van der Waals surface area contributed by atoms with E-state index in [1.807, 2.05) is 61.6 Å². The molecule has 0 radical (unpaired) electrons. The van der Waals surface area contributed by atoms with E-state index >= 15 is 0 Å². The average Bonchev–Trinajstić information content (AvgIpc) is 3.16. The van der Waals surface area contributed by atoms with Gasteiger partial charge in [-0.1, -0.05) is 42.5 Å². The first-order valence-corrected chi connectivity index (χ1v) is 8.61. The summed E-state index contributed by atoms with van der Waals surface area (Å²) < 4.78 is 0. The van der Waals surface area contributed by atoms with Gasteiger partial charge in [0.1, 0.15) is 0 Å². The fourth-order valence-corrected chi connectivity index (χ4v) is 2.49. The van der Waals surface area contributed by atoms with Gasteiger partial charge in [0.05, 0.1) is 6.54 Å². The van der Waals surface area contributed by atoms with E-state index in [4.69, 9.17) is 0 Å². The molecule has 1 heterocycles. The molecular weight excluding hydrogens is 364 g/mol. The van der Waals surface area contributed by atoms with Crippen LogP contribution in [0.5, 0.6) is 0 Å². The fourth-order valence-electron chi connectivity index (χ4n) is 2.49. The van der Waals surface area contributed by atoms with Crippen LogP contribution in [0.15, 0.2) is 54.6 Å². The molecule has 0 spiro atoms. The highest BCUT2D eigenvalue weighted by Crippen LogP contribution is 2.13. The summed E-state index contributed by atoms with van der Waals surface area (Å²) in [5.74, 6) is 0.637. The van der Waals surface area contributed by atoms with E-state index in [2.05, 4.69) is 26.0 Å². The highest BCUT2D eigenvalue weighted by Gasteiger charge is 2.06. The van der Waals surface area contributed by atoms with E-state index in [0.29, 0.717) is 25.3 Å². The summed E-state index contributed by atoms with van der Waals surface area (Å²) in [4.78, 5) is 13.3. The fraction of sp³-hybridized carbons (Fsp3) is 0.263. The van der Waals surface area contributed by atoms with Crippen molar-refractivity contribution in [3.63, 3.8) is 0 Å². The predicted molar refractivity (Wildman–Crippen MR) is 108 cm³/mol. The monoisotopic (exact) mass is 386 g/mol. The van der Waals surface area contributed by atoms with Crippen LogP contribution in [-0.2, 0) is 17.8 Å². The van der Waals surface area contributed by atoms with E-state index < -0.39 is 0 Å². The summed E-state index contributed by atoms with van der Waals surface area (Å²) >= 11 is 0. The second-order valence-electron chi connectivity index (χ2n) is 5.92. The third kappa shape index (κ3) is 6.16. The summed E-state index contributed by atoms with van der Waals surface area (Å²) in [5, 5.41) is 18.5. The lowest BCUT2D eigenvalue weighted by molar-refractivity contribution is -0.116. The van der Waals surface area contributed by atoms with Gasteiger partial charge in [-0.15, -0.1) is 22.6 Å². The number of anilines is 1. The number of amides is 1. The van der Waals surface area contributed by atoms with Gasteiger partial charge in [-0.2, -0.15) is 4.80 Å². The highest BCUT2D eigenvalue weighted by molar-refractivity contribution is 5.90. The maximum Gasteiger partial charge on any atom is 0.225 e. The molecule has 27 heavy (non-hydrogen) atoms. The van der Waals surface area contributed by atoms with Crippen LogP contribution in [0.2, 0.25) is 0 Å². The normalized spacial score (nSPS) is 10.3. The lowest BCUT2D eigenvalue weighted by Crippen LogP contribution is -2.18. The van der Waals surface area contributed by atoms with Crippen molar-refractivity contribution in [1.29, 1.82) is 0 Å². The van der Waals surface area contributed by atoms with Crippen molar-refractivity contribution in [1.82, 2.24) is 25.5 Å². The lowest BCUT2D eigenvalue weighted by atomic mass is 10.1. The Morgan fingerprint density at radius 3 is 2.52 bits per heavy atom. The molecule has 8 heteroatoms. The van der Waals surface area contributed by atoms with Gasteiger partial charge in [-0.25, -0.2) is 0 Å². The van der Waals surface area contributed by atoms with Gasteiger partial charge in [-0.3, -0.25) is 4.79 Å². The van der Waals surface area contributed by atoms with Crippen LogP contribution < -0.4 is 10.6 Å². The van der Waals surface area contributed by atoms with E-state index in [1.54, 1.807) is 4.80 Å². The SMILES string of the molecule is CNCCC(=O)Nc1ccc(CCn2nnc(-c3ccccc3)n2)cc1.Cl. The van der Waals surface area contributed by atoms with Gasteiger partial charge in [0.2, 0.25) is 11.7 Å². The summed E-state index contributed by atoms with van der Waals surface area (Å²) in [5.41, 5.74) is 2.91. The Morgan fingerprint density at radius 1 is 1.07 bits per heavy atom. The van der Waals surface area contributed by atoms with Crippen molar-refractivity contribution < 1.29 is 4.79 Å². The van der Waals surface area contributed by atoms with Gasteiger partial charge in [-0.05, 0) is 36.4 Å². The molecule has 0 unspecified atom stereocenters. The number of tetrazole rings is 1. The van der Waals surface area contributed by atoms with Crippen LogP contribution in [-0.4, -0.2) is 39.7 Å². The van der Waals surface area contributed by atoms with Crippen molar-refractivity contribution >= 4 is 24.0 Å². The molecule has 0 aliphatic carbocycles. The zero-order chi connectivity index (χ0) is 18.2. The lowest BCUT2D eigenvalue weighted by Gasteiger charge is -2.06. The quantitative estimate of drug-likeness (QED) is 0.621. The van der Waals surface area contributed by atoms with Gasteiger partial charge in [0.15, 0.2) is 0 Å². The smallest absolute Gasteiger partial charge is 0.225 e. The molecule has 0 bridgehead atoms. The number of rotatable bonds is 8. The molecule has 2 aromatic carbocycles. The van der Waals surface area contributed by atoms with E-state index in [9.17, 15) is 4.79 Å². The van der Waals surface area contributed by atoms with Crippen molar-refractivity contribution in [2.45, 2.75) is 19.4 Å².